The van der Waals surface area contributed by atoms with Crippen molar-refractivity contribution in [2.45, 2.75) is 0 Å². The number of phenols is 1. The summed E-state index contributed by atoms with van der Waals surface area (Å²) in [4.78, 5) is 6.86. The highest BCUT2D eigenvalue weighted by atomic mass is 35.5. The number of hydrogen-bond donors (Lipinski definition) is 2. The molecule has 34 heavy (non-hydrogen) atoms. The van der Waals surface area contributed by atoms with Crippen molar-refractivity contribution < 1.29 is 14.6 Å². The van der Waals surface area contributed by atoms with E-state index >= 15 is 0 Å². The van der Waals surface area contributed by atoms with Crippen LogP contribution < -0.4 is 10.1 Å². The molecule has 0 atom stereocenters. The highest BCUT2D eigenvalue weighted by Crippen LogP contribution is 2.31. The van der Waals surface area contributed by atoms with E-state index < -0.39 is 0 Å². The van der Waals surface area contributed by atoms with Crippen LogP contribution in [0.1, 0.15) is 0 Å². The maximum absolute atomic E-state index is 9.79. The summed E-state index contributed by atoms with van der Waals surface area (Å²) < 4.78 is 12.9. The zero-order chi connectivity index (χ0) is 22.6. The first-order valence-electron chi connectivity index (χ1n) is 10.8. The van der Waals surface area contributed by atoms with Crippen molar-refractivity contribution in [3.63, 3.8) is 0 Å². The quantitative estimate of drug-likeness (QED) is 0.381. The SMILES string of the molecule is Cl.Oc1ccc(Cl)c(-c2ccc3nc(Nc4ccc(OCCN5CCOCC5)cc4)nn3c2)c1. The standard InChI is InChI=1S/C24H24ClN5O3.ClH/c25-22-7-4-19(31)15-21(22)17-1-8-23-27-24(28-30(23)16-17)26-18-2-5-20(6-3-18)33-14-11-29-9-12-32-13-10-29;/h1-8,15-16,31H,9-14H2,(H,26,28);1H. The van der Waals surface area contributed by atoms with Gasteiger partial charge in [0.25, 0.3) is 0 Å². The van der Waals surface area contributed by atoms with Gasteiger partial charge in [-0.15, -0.1) is 17.5 Å². The average molecular weight is 502 g/mol. The van der Waals surface area contributed by atoms with Crippen LogP contribution in [0.3, 0.4) is 0 Å². The number of morpholine rings is 1. The molecule has 1 saturated heterocycles. The first kappa shape index (κ1) is 24.1. The van der Waals surface area contributed by atoms with E-state index in [4.69, 9.17) is 21.1 Å². The summed E-state index contributed by atoms with van der Waals surface area (Å²) in [7, 11) is 0. The molecule has 4 aromatic rings. The molecule has 2 N–H and O–H groups in total. The van der Waals surface area contributed by atoms with Crippen LogP contribution in [0.2, 0.25) is 5.02 Å². The normalized spacial score (nSPS) is 14.0. The van der Waals surface area contributed by atoms with Crippen molar-refractivity contribution in [2.75, 3.05) is 44.8 Å². The summed E-state index contributed by atoms with van der Waals surface area (Å²) >= 11 is 6.29. The summed E-state index contributed by atoms with van der Waals surface area (Å²) in [6.45, 7) is 5.04. The van der Waals surface area contributed by atoms with Crippen LogP contribution >= 0.6 is 24.0 Å². The van der Waals surface area contributed by atoms with Crippen LogP contribution in [0, 0.1) is 0 Å². The van der Waals surface area contributed by atoms with Gasteiger partial charge in [0.2, 0.25) is 5.95 Å². The molecule has 0 saturated carbocycles. The highest BCUT2D eigenvalue weighted by molar-refractivity contribution is 6.33. The first-order chi connectivity index (χ1) is 16.1. The smallest absolute Gasteiger partial charge is 0.247 e. The number of phenolic OH excluding ortho intramolecular Hbond substituents is 1. The van der Waals surface area contributed by atoms with Gasteiger partial charge < -0.3 is 19.9 Å². The van der Waals surface area contributed by atoms with Crippen molar-refractivity contribution in [3.8, 4) is 22.6 Å². The van der Waals surface area contributed by atoms with Crippen molar-refractivity contribution in [1.82, 2.24) is 19.5 Å². The van der Waals surface area contributed by atoms with Gasteiger partial charge in [-0.1, -0.05) is 11.6 Å². The van der Waals surface area contributed by atoms with Crippen molar-refractivity contribution in [1.29, 1.82) is 0 Å². The number of pyridine rings is 1. The molecule has 0 radical (unpaired) electrons. The van der Waals surface area contributed by atoms with Gasteiger partial charge in [-0.25, -0.2) is 4.52 Å². The Morgan fingerprint density at radius 1 is 1.06 bits per heavy atom. The van der Waals surface area contributed by atoms with Crippen LogP contribution in [0.4, 0.5) is 11.6 Å². The Labute approximate surface area is 208 Å². The van der Waals surface area contributed by atoms with Gasteiger partial charge in [0, 0.05) is 47.7 Å². The molecule has 2 aromatic heterocycles. The lowest BCUT2D eigenvalue weighted by Crippen LogP contribution is -2.38. The number of aromatic hydroxyl groups is 1. The molecule has 0 aliphatic carbocycles. The van der Waals surface area contributed by atoms with Crippen molar-refractivity contribution in [3.05, 3.63) is 65.8 Å². The fraction of sp³-hybridized carbons (Fsp3) is 0.250. The number of anilines is 2. The Hall–Kier alpha value is -3.04. The highest BCUT2D eigenvalue weighted by Gasteiger charge is 2.11. The lowest BCUT2D eigenvalue weighted by Gasteiger charge is -2.26. The molecule has 1 aliphatic heterocycles. The Bertz CT molecular complexity index is 1240. The van der Waals surface area contributed by atoms with Gasteiger partial charge >= 0.3 is 0 Å². The van der Waals surface area contributed by atoms with Gasteiger partial charge in [0.1, 0.15) is 18.1 Å². The number of fused-ring (bicyclic) bond motifs is 1. The molecule has 10 heteroatoms. The van der Waals surface area contributed by atoms with E-state index in [0.717, 1.165) is 55.4 Å². The molecular formula is C24H25Cl2N5O3. The van der Waals surface area contributed by atoms with Crippen LogP contribution in [0.25, 0.3) is 16.8 Å². The predicted molar refractivity (Wildman–Crippen MR) is 135 cm³/mol. The van der Waals surface area contributed by atoms with E-state index in [0.29, 0.717) is 23.2 Å². The number of benzene rings is 2. The zero-order valence-electron chi connectivity index (χ0n) is 18.4. The van der Waals surface area contributed by atoms with E-state index in [2.05, 4.69) is 20.3 Å². The number of halogens is 2. The Morgan fingerprint density at radius 3 is 2.65 bits per heavy atom. The van der Waals surface area contributed by atoms with Gasteiger partial charge in [-0.2, -0.15) is 4.98 Å². The lowest BCUT2D eigenvalue weighted by molar-refractivity contribution is 0.0322. The molecular weight excluding hydrogens is 477 g/mol. The van der Waals surface area contributed by atoms with Gasteiger partial charge in [0.15, 0.2) is 5.65 Å². The Balaban J connectivity index is 0.00000274. The second-order valence-electron chi connectivity index (χ2n) is 7.77. The molecule has 0 unspecified atom stereocenters. The summed E-state index contributed by atoms with van der Waals surface area (Å²) in [5, 5.41) is 18.1. The number of nitrogens with one attached hydrogen (secondary N) is 1. The van der Waals surface area contributed by atoms with Crippen LogP contribution in [0.15, 0.2) is 60.8 Å². The third kappa shape index (κ3) is 5.71. The third-order valence-corrected chi connectivity index (χ3v) is 5.81. The van der Waals surface area contributed by atoms with Gasteiger partial charge in [-0.05, 0) is 54.6 Å². The van der Waals surface area contributed by atoms with E-state index in [9.17, 15) is 5.11 Å². The van der Waals surface area contributed by atoms with Crippen molar-refractivity contribution in [2.24, 2.45) is 0 Å². The molecule has 1 fully saturated rings. The van der Waals surface area contributed by atoms with E-state index in [1.165, 1.54) is 0 Å². The molecule has 3 heterocycles. The van der Waals surface area contributed by atoms with Crippen LogP contribution in [0.5, 0.6) is 11.5 Å². The fourth-order valence-corrected chi connectivity index (χ4v) is 3.94. The molecule has 1 aliphatic rings. The Morgan fingerprint density at radius 2 is 1.85 bits per heavy atom. The minimum Gasteiger partial charge on any atom is -0.508 e. The number of rotatable bonds is 7. The zero-order valence-corrected chi connectivity index (χ0v) is 19.9. The van der Waals surface area contributed by atoms with Crippen LogP contribution in [-0.2, 0) is 4.74 Å². The number of hydrogen-bond acceptors (Lipinski definition) is 7. The Kier molecular flexibility index (Phi) is 7.74. The monoisotopic (exact) mass is 501 g/mol. The number of aromatic nitrogens is 3. The van der Waals surface area contributed by atoms with E-state index in [1.807, 2.05) is 42.6 Å². The number of nitrogens with zero attached hydrogens (tertiary/aromatic N) is 4. The molecule has 0 bridgehead atoms. The summed E-state index contributed by atoms with van der Waals surface area (Å²) in [6, 6.07) is 16.4. The maximum atomic E-state index is 9.79. The van der Waals surface area contributed by atoms with E-state index in [1.54, 1.807) is 22.7 Å². The second-order valence-corrected chi connectivity index (χ2v) is 8.18. The van der Waals surface area contributed by atoms with Crippen LogP contribution in [-0.4, -0.2) is 64.1 Å². The summed E-state index contributed by atoms with van der Waals surface area (Å²) in [5.41, 5.74) is 3.12. The minimum absolute atomic E-state index is 0. The largest absolute Gasteiger partial charge is 0.508 e. The maximum Gasteiger partial charge on any atom is 0.247 e. The first-order valence-corrected chi connectivity index (χ1v) is 11.2. The van der Waals surface area contributed by atoms with Gasteiger partial charge in [0.05, 0.1) is 13.2 Å². The topological polar surface area (TPSA) is 84.2 Å². The molecule has 8 nitrogen and oxygen atoms in total. The second kappa shape index (κ2) is 10.9. The summed E-state index contributed by atoms with van der Waals surface area (Å²) in [6.07, 6.45) is 1.83. The average Bonchev–Trinajstić information content (AvgIpc) is 3.24. The minimum atomic E-state index is 0. The third-order valence-electron chi connectivity index (χ3n) is 5.48. The molecule has 0 spiro atoms. The number of ether oxygens (including phenoxy) is 2. The molecule has 5 rings (SSSR count). The molecule has 178 valence electrons. The van der Waals surface area contributed by atoms with E-state index in [-0.39, 0.29) is 18.2 Å². The predicted octanol–water partition coefficient (Wildman–Crippen LogP) is 4.63. The van der Waals surface area contributed by atoms with Crippen molar-refractivity contribution >= 4 is 41.3 Å². The summed E-state index contributed by atoms with van der Waals surface area (Å²) in [5.74, 6) is 1.46. The lowest BCUT2D eigenvalue weighted by atomic mass is 10.1. The fourth-order valence-electron chi connectivity index (χ4n) is 3.71. The molecule has 2 aromatic carbocycles. The van der Waals surface area contributed by atoms with Gasteiger partial charge in [-0.3, -0.25) is 4.90 Å². The molecule has 0 amide bonds.